The third-order valence-corrected chi connectivity index (χ3v) is 9.35. The number of anilines is 1. The van der Waals surface area contributed by atoms with Crippen LogP contribution in [0, 0.1) is 19.8 Å². The van der Waals surface area contributed by atoms with Crippen molar-refractivity contribution in [2.45, 2.75) is 36.5 Å². The van der Waals surface area contributed by atoms with Gasteiger partial charge in [-0.2, -0.15) is 4.31 Å². The number of hydrogen-bond acceptors (Lipinski definition) is 5. The lowest BCUT2D eigenvalue weighted by atomic mass is 9.98. The molecule has 1 aliphatic heterocycles. The molecular weight excluding hydrogens is 450 g/mol. The van der Waals surface area contributed by atoms with E-state index in [0.717, 1.165) is 15.4 Å². The second-order valence-electron chi connectivity index (χ2n) is 8.27. The molecule has 2 aromatic carbocycles. The summed E-state index contributed by atoms with van der Waals surface area (Å²) in [6.45, 7) is 4.10. The minimum atomic E-state index is -3.69. The molecule has 10 heteroatoms. The van der Waals surface area contributed by atoms with Crippen molar-refractivity contribution >= 4 is 31.6 Å². The minimum Gasteiger partial charge on any atom is -0.326 e. The first-order valence-corrected chi connectivity index (χ1v) is 13.2. The van der Waals surface area contributed by atoms with E-state index >= 15 is 0 Å². The standard InChI is InChI=1S/C22H29N3O5S2/c1-16-7-10-19(11-8-16)32(29,30)25-13-5-6-18(15-25)22(26)23-21-14-20(12-9-17(21)2)31(27,28)24(3)4/h7-12,14,18H,5-6,13,15H2,1-4H3,(H,23,26)/t18-/m0/s1. The Morgan fingerprint density at radius 2 is 1.62 bits per heavy atom. The zero-order valence-electron chi connectivity index (χ0n) is 18.7. The summed E-state index contributed by atoms with van der Waals surface area (Å²) >= 11 is 0. The highest BCUT2D eigenvalue weighted by Gasteiger charge is 2.33. The van der Waals surface area contributed by atoms with Gasteiger partial charge >= 0.3 is 0 Å². The van der Waals surface area contributed by atoms with Gasteiger partial charge < -0.3 is 5.32 Å². The number of nitrogens with zero attached hydrogens (tertiary/aromatic N) is 2. The van der Waals surface area contributed by atoms with Crippen LogP contribution in [0.3, 0.4) is 0 Å². The second kappa shape index (κ2) is 9.30. The van der Waals surface area contributed by atoms with Crippen molar-refractivity contribution < 1.29 is 21.6 Å². The number of sulfonamides is 2. The molecule has 2 aromatic rings. The van der Waals surface area contributed by atoms with Crippen LogP contribution in [0.5, 0.6) is 0 Å². The molecule has 0 aromatic heterocycles. The smallest absolute Gasteiger partial charge is 0.243 e. The Bertz CT molecular complexity index is 1210. The van der Waals surface area contributed by atoms with Crippen LogP contribution in [0.1, 0.15) is 24.0 Å². The Kier molecular flexibility index (Phi) is 7.09. The summed E-state index contributed by atoms with van der Waals surface area (Å²) in [5.41, 5.74) is 2.08. The maximum atomic E-state index is 13.0. The fourth-order valence-electron chi connectivity index (χ4n) is 3.58. The van der Waals surface area contributed by atoms with Crippen LogP contribution in [0.15, 0.2) is 52.3 Å². The van der Waals surface area contributed by atoms with Gasteiger partial charge in [-0.1, -0.05) is 23.8 Å². The van der Waals surface area contributed by atoms with E-state index in [0.29, 0.717) is 25.1 Å². The van der Waals surface area contributed by atoms with E-state index in [1.807, 2.05) is 6.92 Å². The molecule has 174 valence electrons. The van der Waals surface area contributed by atoms with Gasteiger partial charge in [0, 0.05) is 32.9 Å². The van der Waals surface area contributed by atoms with E-state index in [2.05, 4.69) is 5.32 Å². The van der Waals surface area contributed by atoms with Crippen molar-refractivity contribution in [1.82, 2.24) is 8.61 Å². The fourth-order valence-corrected chi connectivity index (χ4v) is 6.03. The molecule has 0 spiro atoms. The van der Waals surface area contributed by atoms with E-state index in [-0.39, 0.29) is 22.2 Å². The molecule has 0 bridgehead atoms. The van der Waals surface area contributed by atoms with Crippen molar-refractivity contribution in [2.75, 3.05) is 32.5 Å². The summed E-state index contributed by atoms with van der Waals surface area (Å²) in [5.74, 6) is -0.853. The summed E-state index contributed by atoms with van der Waals surface area (Å²) in [5, 5.41) is 2.81. The molecule has 1 aliphatic rings. The molecule has 32 heavy (non-hydrogen) atoms. The normalized spacial score (nSPS) is 18.0. The molecule has 8 nitrogen and oxygen atoms in total. The lowest BCUT2D eigenvalue weighted by Crippen LogP contribution is -2.43. The van der Waals surface area contributed by atoms with Crippen LogP contribution in [-0.2, 0) is 24.8 Å². The molecule has 0 radical (unpaired) electrons. The number of carbonyl (C=O) groups excluding carboxylic acids is 1. The van der Waals surface area contributed by atoms with Gasteiger partial charge in [-0.25, -0.2) is 21.1 Å². The van der Waals surface area contributed by atoms with Gasteiger partial charge in [0.25, 0.3) is 0 Å². The molecule has 0 unspecified atom stereocenters. The van der Waals surface area contributed by atoms with E-state index in [1.54, 1.807) is 37.3 Å². The van der Waals surface area contributed by atoms with E-state index in [9.17, 15) is 21.6 Å². The van der Waals surface area contributed by atoms with Gasteiger partial charge in [0.1, 0.15) is 0 Å². The minimum absolute atomic E-state index is 0.0793. The Hall–Kier alpha value is -2.27. The summed E-state index contributed by atoms with van der Waals surface area (Å²) in [7, 11) is -4.45. The molecule has 1 atom stereocenters. The Morgan fingerprint density at radius 1 is 1.00 bits per heavy atom. The molecule has 1 heterocycles. The Labute approximate surface area is 190 Å². The summed E-state index contributed by atoms with van der Waals surface area (Å²) in [4.78, 5) is 13.3. The van der Waals surface area contributed by atoms with E-state index in [4.69, 9.17) is 0 Å². The third-order valence-electron chi connectivity index (χ3n) is 5.66. The number of nitrogens with one attached hydrogen (secondary N) is 1. The predicted octanol–water partition coefficient (Wildman–Crippen LogP) is 2.59. The van der Waals surface area contributed by atoms with Crippen molar-refractivity contribution in [3.8, 4) is 0 Å². The first-order valence-electron chi connectivity index (χ1n) is 10.3. The zero-order valence-corrected chi connectivity index (χ0v) is 20.3. The first-order chi connectivity index (χ1) is 14.9. The maximum Gasteiger partial charge on any atom is 0.243 e. The molecular formula is C22H29N3O5S2. The summed E-state index contributed by atoms with van der Waals surface area (Å²) in [6, 6.07) is 11.2. The monoisotopic (exact) mass is 479 g/mol. The Balaban J connectivity index is 1.78. The molecule has 0 aliphatic carbocycles. The first kappa shape index (κ1) is 24.4. The van der Waals surface area contributed by atoms with Crippen LogP contribution in [0.25, 0.3) is 0 Å². The Morgan fingerprint density at radius 3 is 2.25 bits per heavy atom. The molecule has 1 saturated heterocycles. The van der Waals surface area contributed by atoms with E-state index < -0.39 is 26.0 Å². The molecule has 1 N–H and O–H groups in total. The summed E-state index contributed by atoms with van der Waals surface area (Å²) in [6.07, 6.45) is 1.12. The molecule has 1 amide bonds. The van der Waals surface area contributed by atoms with Gasteiger partial charge in [0.05, 0.1) is 15.7 Å². The number of benzene rings is 2. The number of hydrogen-bond donors (Lipinski definition) is 1. The topological polar surface area (TPSA) is 104 Å². The summed E-state index contributed by atoms with van der Waals surface area (Å²) < 4.78 is 53.4. The van der Waals surface area contributed by atoms with Crippen molar-refractivity contribution in [3.63, 3.8) is 0 Å². The van der Waals surface area contributed by atoms with Crippen LogP contribution in [-0.4, -0.2) is 58.5 Å². The number of piperidine rings is 1. The highest BCUT2D eigenvalue weighted by Crippen LogP contribution is 2.27. The zero-order chi connectivity index (χ0) is 23.7. The fraction of sp³-hybridized carbons (Fsp3) is 0.409. The van der Waals surface area contributed by atoms with Gasteiger partial charge in [0.2, 0.25) is 26.0 Å². The van der Waals surface area contributed by atoms with Crippen LogP contribution in [0.4, 0.5) is 5.69 Å². The van der Waals surface area contributed by atoms with Gasteiger partial charge in [-0.3, -0.25) is 4.79 Å². The molecule has 3 rings (SSSR count). The van der Waals surface area contributed by atoms with Crippen LogP contribution < -0.4 is 5.32 Å². The van der Waals surface area contributed by atoms with Gasteiger partial charge in [-0.05, 0) is 56.5 Å². The number of carbonyl (C=O) groups is 1. The third kappa shape index (κ3) is 5.03. The predicted molar refractivity (Wildman–Crippen MR) is 123 cm³/mol. The second-order valence-corrected chi connectivity index (χ2v) is 12.4. The van der Waals surface area contributed by atoms with Crippen molar-refractivity contribution in [2.24, 2.45) is 5.92 Å². The number of rotatable bonds is 6. The highest BCUT2D eigenvalue weighted by molar-refractivity contribution is 7.89. The van der Waals surface area contributed by atoms with E-state index in [1.165, 1.54) is 30.5 Å². The number of amides is 1. The molecule has 1 fully saturated rings. The van der Waals surface area contributed by atoms with Gasteiger partial charge in [-0.15, -0.1) is 0 Å². The average molecular weight is 480 g/mol. The van der Waals surface area contributed by atoms with Crippen molar-refractivity contribution in [1.29, 1.82) is 0 Å². The lowest BCUT2D eigenvalue weighted by molar-refractivity contribution is -0.120. The largest absolute Gasteiger partial charge is 0.326 e. The van der Waals surface area contributed by atoms with Crippen LogP contribution in [0.2, 0.25) is 0 Å². The SMILES string of the molecule is Cc1ccc(S(=O)(=O)N2CCC[C@H](C(=O)Nc3cc(S(=O)(=O)N(C)C)ccc3C)C2)cc1. The average Bonchev–Trinajstić information content (AvgIpc) is 2.75. The number of aryl methyl sites for hydroxylation is 2. The lowest BCUT2D eigenvalue weighted by Gasteiger charge is -2.31. The maximum absolute atomic E-state index is 13.0. The molecule has 0 saturated carbocycles. The quantitative estimate of drug-likeness (QED) is 0.686. The van der Waals surface area contributed by atoms with Crippen LogP contribution >= 0.6 is 0 Å². The van der Waals surface area contributed by atoms with Gasteiger partial charge in [0.15, 0.2) is 0 Å². The highest BCUT2D eigenvalue weighted by atomic mass is 32.2. The van der Waals surface area contributed by atoms with Crippen molar-refractivity contribution in [3.05, 3.63) is 53.6 Å².